The quantitative estimate of drug-likeness (QED) is 0.772. The third-order valence-corrected chi connectivity index (χ3v) is 4.19. The molecule has 0 aliphatic rings. The molecule has 0 spiro atoms. The second-order valence-electron chi connectivity index (χ2n) is 4.61. The van der Waals surface area contributed by atoms with Crippen LogP contribution in [0.5, 0.6) is 5.75 Å². The van der Waals surface area contributed by atoms with Crippen molar-refractivity contribution in [2.75, 3.05) is 12.4 Å². The molecule has 0 unspecified atom stereocenters. The summed E-state index contributed by atoms with van der Waals surface area (Å²) in [7, 11) is 1.61. The van der Waals surface area contributed by atoms with Crippen molar-refractivity contribution in [1.29, 1.82) is 0 Å². The number of carbonyl (C=O) groups excluding carboxylic acids is 1. The van der Waals surface area contributed by atoms with Crippen LogP contribution in [0.3, 0.4) is 0 Å². The third-order valence-electron chi connectivity index (χ3n) is 3.07. The van der Waals surface area contributed by atoms with Crippen LogP contribution in [0.2, 0.25) is 5.02 Å². The fourth-order valence-electron chi connectivity index (χ4n) is 1.92. The van der Waals surface area contributed by atoms with Crippen molar-refractivity contribution in [3.8, 4) is 16.3 Å². The zero-order chi connectivity index (χ0) is 16.2. The molecular formula is C16H12ClN3O2S. The average molecular weight is 346 g/mol. The number of anilines is 1. The maximum atomic E-state index is 12.1. The van der Waals surface area contributed by atoms with E-state index < -0.39 is 0 Å². The van der Waals surface area contributed by atoms with E-state index in [1.165, 1.54) is 11.3 Å². The van der Waals surface area contributed by atoms with Gasteiger partial charge in [-0.1, -0.05) is 29.0 Å². The van der Waals surface area contributed by atoms with Crippen molar-refractivity contribution in [1.82, 2.24) is 10.2 Å². The summed E-state index contributed by atoms with van der Waals surface area (Å²) in [6.45, 7) is 0. The highest BCUT2D eigenvalue weighted by atomic mass is 35.5. The molecule has 5 nitrogen and oxygen atoms in total. The summed E-state index contributed by atoms with van der Waals surface area (Å²) in [5, 5.41) is 12.5. The maximum absolute atomic E-state index is 12.1. The third kappa shape index (κ3) is 3.67. The van der Waals surface area contributed by atoms with E-state index in [2.05, 4.69) is 15.5 Å². The summed E-state index contributed by atoms with van der Waals surface area (Å²) in [6, 6.07) is 14.2. The Balaban J connectivity index is 1.75. The smallest absolute Gasteiger partial charge is 0.257 e. The first kappa shape index (κ1) is 15.5. The van der Waals surface area contributed by atoms with Gasteiger partial charge in [0.1, 0.15) is 10.8 Å². The fourth-order valence-corrected chi connectivity index (χ4v) is 2.86. The zero-order valence-electron chi connectivity index (χ0n) is 12.1. The Bertz CT molecular complexity index is 833. The van der Waals surface area contributed by atoms with E-state index in [4.69, 9.17) is 16.3 Å². The van der Waals surface area contributed by atoms with Gasteiger partial charge in [0.05, 0.1) is 7.11 Å². The lowest BCUT2D eigenvalue weighted by Gasteiger charge is -2.01. The van der Waals surface area contributed by atoms with Crippen molar-refractivity contribution in [2.45, 2.75) is 0 Å². The Morgan fingerprint density at radius 3 is 2.65 bits per heavy atom. The average Bonchev–Trinajstić information content (AvgIpc) is 3.03. The number of nitrogens with one attached hydrogen (secondary N) is 1. The highest BCUT2D eigenvalue weighted by Gasteiger charge is 2.11. The van der Waals surface area contributed by atoms with Gasteiger partial charge >= 0.3 is 0 Å². The molecule has 23 heavy (non-hydrogen) atoms. The van der Waals surface area contributed by atoms with Crippen LogP contribution >= 0.6 is 22.9 Å². The zero-order valence-corrected chi connectivity index (χ0v) is 13.7. The molecule has 7 heteroatoms. The second kappa shape index (κ2) is 6.76. The van der Waals surface area contributed by atoms with E-state index in [1.54, 1.807) is 31.4 Å². The molecule has 0 aliphatic heterocycles. The van der Waals surface area contributed by atoms with E-state index in [1.807, 2.05) is 24.3 Å². The summed E-state index contributed by atoms with van der Waals surface area (Å²) < 4.78 is 5.12. The number of ether oxygens (including phenoxy) is 1. The number of methoxy groups -OCH3 is 1. The van der Waals surface area contributed by atoms with Crippen LogP contribution in [0.15, 0.2) is 48.5 Å². The lowest BCUT2D eigenvalue weighted by Crippen LogP contribution is -2.11. The number of hydrogen-bond acceptors (Lipinski definition) is 5. The van der Waals surface area contributed by atoms with Gasteiger partial charge in [-0.05, 0) is 42.5 Å². The molecule has 1 N–H and O–H groups in total. The van der Waals surface area contributed by atoms with Gasteiger partial charge in [0.25, 0.3) is 5.91 Å². The summed E-state index contributed by atoms with van der Waals surface area (Å²) in [6.07, 6.45) is 0. The van der Waals surface area contributed by atoms with Crippen LogP contribution in [0, 0.1) is 0 Å². The summed E-state index contributed by atoms with van der Waals surface area (Å²) in [5.41, 5.74) is 1.38. The molecule has 2 aromatic carbocycles. The first-order chi connectivity index (χ1) is 11.2. The highest BCUT2D eigenvalue weighted by Crippen LogP contribution is 2.28. The topological polar surface area (TPSA) is 64.1 Å². The van der Waals surface area contributed by atoms with Crippen LogP contribution in [0.25, 0.3) is 10.6 Å². The van der Waals surface area contributed by atoms with Gasteiger partial charge in [0.2, 0.25) is 5.13 Å². The maximum Gasteiger partial charge on any atom is 0.257 e. The summed E-state index contributed by atoms with van der Waals surface area (Å²) in [4.78, 5) is 12.1. The number of benzene rings is 2. The molecule has 0 saturated carbocycles. The Morgan fingerprint density at radius 2 is 1.96 bits per heavy atom. The van der Waals surface area contributed by atoms with Gasteiger partial charge in [-0.3, -0.25) is 10.1 Å². The minimum Gasteiger partial charge on any atom is -0.497 e. The van der Waals surface area contributed by atoms with Gasteiger partial charge in [0.15, 0.2) is 0 Å². The Labute approximate surface area is 141 Å². The van der Waals surface area contributed by atoms with Gasteiger partial charge in [-0.2, -0.15) is 0 Å². The molecule has 0 radical (unpaired) electrons. The number of hydrogen-bond donors (Lipinski definition) is 1. The van der Waals surface area contributed by atoms with Crippen LogP contribution in [-0.2, 0) is 0 Å². The molecule has 1 heterocycles. The number of amides is 1. The molecule has 0 fully saturated rings. The molecule has 116 valence electrons. The van der Waals surface area contributed by atoms with Gasteiger partial charge < -0.3 is 4.74 Å². The molecule has 0 atom stereocenters. The van der Waals surface area contributed by atoms with Crippen LogP contribution in [-0.4, -0.2) is 23.2 Å². The highest BCUT2D eigenvalue weighted by molar-refractivity contribution is 7.18. The predicted molar refractivity (Wildman–Crippen MR) is 91.3 cm³/mol. The van der Waals surface area contributed by atoms with Gasteiger partial charge in [0, 0.05) is 16.1 Å². The summed E-state index contributed by atoms with van der Waals surface area (Å²) >= 11 is 7.18. The molecule has 1 aromatic heterocycles. The Kier molecular flexibility index (Phi) is 4.55. The number of carbonyl (C=O) groups is 1. The first-order valence-corrected chi connectivity index (χ1v) is 7.90. The van der Waals surface area contributed by atoms with Crippen LogP contribution in [0.1, 0.15) is 10.4 Å². The molecule has 3 aromatic rings. The van der Waals surface area contributed by atoms with Crippen molar-refractivity contribution >= 4 is 34.0 Å². The van der Waals surface area contributed by atoms with Crippen molar-refractivity contribution in [2.24, 2.45) is 0 Å². The van der Waals surface area contributed by atoms with Crippen LogP contribution in [0.4, 0.5) is 5.13 Å². The minimum atomic E-state index is -0.273. The monoisotopic (exact) mass is 345 g/mol. The Hall–Kier alpha value is -2.44. The predicted octanol–water partition coefficient (Wildman–Crippen LogP) is 4.12. The Morgan fingerprint density at radius 1 is 1.17 bits per heavy atom. The number of aromatic nitrogens is 2. The minimum absolute atomic E-state index is 0.273. The number of nitrogens with zero attached hydrogens (tertiary/aromatic N) is 2. The van der Waals surface area contributed by atoms with E-state index in [0.717, 1.165) is 11.3 Å². The molecule has 0 aliphatic carbocycles. The van der Waals surface area contributed by atoms with Gasteiger partial charge in [-0.15, -0.1) is 10.2 Å². The van der Waals surface area contributed by atoms with Crippen molar-refractivity contribution in [3.05, 3.63) is 59.1 Å². The number of rotatable bonds is 4. The number of halogens is 1. The standard InChI is InChI=1S/C16H12ClN3O2S/c1-22-13-7-5-10(6-8-13)15-19-20-16(23-15)18-14(21)11-3-2-4-12(17)9-11/h2-9H,1H3,(H,18,20,21). The second-order valence-corrected chi connectivity index (χ2v) is 6.02. The SMILES string of the molecule is COc1ccc(-c2nnc(NC(=O)c3cccc(Cl)c3)s2)cc1. The lowest BCUT2D eigenvalue weighted by atomic mass is 10.2. The largest absolute Gasteiger partial charge is 0.497 e. The normalized spacial score (nSPS) is 10.3. The van der Waals surface area contributed by atoms with Crippen LogP contribution < -0.4 is 10.1 Å². The van der Waals surface area contributed by atoms with Crippen molar-refractivity contribution < 1.29 is 9.53 Å². The molecule has 3 rings (SSSR count). The van der Waals surface area contributed by atoms with E-state index in [-0.39, 0.29) is 5.91 Å². The fraction of sp³-hybridized carbons (Fsp3) is 0.0625. The molecule has 0 saturated heterocycles. The summed E-state index contributed by atoms with van der Waals surface area (Å²) in [5.74, 6) is 0.498. The van der Waals surface area contributed by atoms with E-state index >= 15 is 0 Å². The van der Waals surface area contributed by atoms with E-state index in [0.29, 0.717) is 20.7 Å². The van der Waals surface area contributed by atoms with Gasteiger partial charge in [-0.25, -0.2) is 0 Å². The van der Waals surface area contributed by atoms with E-state index in [9.17, 15) is 4.79 Å². The first-order valence-electron chi connectivity index (χ1n) is 6.70. The molecule has 0 bridgehead atoms. The van der Waals surface area contributed by atoms with Crippen molar-refractivity contribution in [3.63, 3.8) is 0 Å². The molecular weight excluding hydrogens is 334 g/mol. The lowest BCUT2D eigenvalue weighted by molar-refractivity contribution is 0.102. The molecule has 1 amide bonds.